The summed E-state index contributed by atoms with van der Waals surface area (Å²) in [5.41, 5.74) is -0.428. The van der Waals surface area contributed by atoms with Gasteiger partial charge < -0.3 is 4.74 Å². The molecule has 0 aromatic heterocycles. The van der Waals surface area contributed by atoms with E-state index < -0.39 is 15.7 Å². The van der Waals surface area contributed by atoms with E-state index in [0.29, 0.717) is 25.7 Å². The van der Waals surface area contributed by atoms with Gasteiger partial charge in [-0.25, -0.2) is 4.72 Å². The molecule has 0 amide bonds. The average molecular weight is 250 g/mol. The minimum atomic E-state index is -3.42. The first-order valence-electron chi connectivity index (χ1n) is 5.64. The highest BCUT2D eigenvalue weighted by Gasteiger charge is 2.44. The zero-order valence-electron chi connectivity index (χ0n) is 10.4. The molecule has 0 radical (unpaired) electrons. The zero-order chi connectivity index (χ0) is 12.4. The number of rotatable bonds is 6. The Balaban J connectivity index is 2.57. The molecule has 0 unspecified atom stereocenters. The van der Waals surface area contributed by atoms with E-state index in [9.17, 15) is 8.42 Å². The fourth-order valence-corrected chi connectivity index (χ4v) is 2.93. The third-order valence-electron chi connectivity index (χ3n) is 2.84. The summed E-state index contributed by atoms with van der Waals surface area (Å²) in [6.07, 6.45) is 0. The fraction of sp³-hybridized carbons (Fsp3) is 1.00. The van der Waals surface area contributed by atoms with Gasteiger partial charge in [-0.1, -0.05) is 27.7 Å². The van der Waals surface area contributed by atoms with Crippen LogP contribution in [0.1, 0.15) is 27.7 Å². The molecule has 2 N–H and O–H groups in total. The second-order valence-corrected chi connectivity index (χ2v) is 6.65. The van der Waals surface area contributed by atoms with Crippen LogP contribution in [0.3, 0.4) is 0 Å². The van der Waals surface area contributed by atoms with Crippen LogP contribution in [0, 0.1) is 11.8 Å². The smallest absolute Gasteiger partial charge is 0.277 e. The first-order valence-corrected chi connectivity index (χ1v) is 7.12. The number of ether oxygens (including phenoxy) is 1. The normalized spacial score (nSPS) is 20.1. The lowest BCUT2D eigenvalue weighted by molar-refractivity contribution is -0.0855. The van der Waals surface area contributed by atoms with Crippen molar-refractivity contribution in [3.05, 3.63) is 0 Å². The highest BCUT2D eigenvalue weighted by atomic mass is 32.2. The van der Waals surface area contributed by atoms with Gasteiger partial charge in [-0.2, -0.15) is 13.1 Å². The van der Waals surface area contributed by atoms with E-state index in [1.165, 1.54) is 0 Å². The van der Waals surface area contributed by atoms with Crippen molar-refractivity contribution in [3.8, 4) is 0 Å². The third-order valence-corrected chi connectivity index (χ3v) is 4.07. The topological polar surface area (TPSA) is 67.4 Å². The summed E-state index contributed by atoms with van der Waals surface area (Å²) < 4.78 is 33.9. The van der Waals surface area contributed by atoms with Crippen LogP contribution in [0.4, 0.5) is 0 Å². The van der Waals surface area contributed by atoms with Crippen LogP contribution in [0.25, 0.3) is 0 Å². The van der Waals surface area contributed by atoms with Gasteiger partial charge >= 0.3 is 0 Å². The van der Waals surface area contributed by atoms with Crippen LogP contribution in [0.2, 0.25) is 0 Å². The summed E-state index contributed by atoms with van der Waals surface area (Å²) in [7, 11) is -3.42. The van der Waals surface area contributed by atoms with Crippen LogP contribution in [-0.4, -0.2) is 33.7 Å². The monoisotopic (exact) mass is 250 g/mol. The Labute approximate surface area is 98.1 Å². The summed E-state index contributed by atoms with van der Waals surface area (Å²) in [5, 5.41) is 0. The molecule has 0 spiro atoms. The molecule has 0 aromatic carbocycles. The van der Waals surface area contributed by atoms with E-state index in [1.54, 1.807) is 0 Å². The van der Waals surface area contributed by atoms with Gasteiger partial charge in [-0.3, -0.25) is 0 Å². The van der Waals surface area contributed by atoms with Crippen molar-refractivity contribution in [2.75, 3.05) is 19.8 Å². The summed E-state index contributed by atoms with van der Waals surface area (Å²) in [6, 6.07) is 0. The maximum Gasteiger partial charge on any atom is 0.277 e. The van der Waals surface area contributed by atoms with Crippen LogP contribution in [-0.2, 0) is 14.9 Å². The fourth-order valence-electron chi connectivity index (χ4n) is 1.41. The molecule has 96 valence electrons. The summed E-state index contributed by atoms with van der Waals surface area (Å²) in [4.78, 5) is 0. The Bertz CT molecular complexity index is 321. The van der Waals surface area contributed by atoms with Gasteiger partial charge in [-0.05, 0) is 11.8 Å². The quantitative estimate of drug-likeness (QED) is 0.721. The van der Waals surface area contributed by atoms with E-state index in [1.807, 2.05) is 27.7 Å². The molecule has 1 heterocycles. The van der Waals surface area contributed by atoms with Crippen molar-refractivity contribution >= 4 is 10.2 Å². The van der Waals surface area contributed by atoms with Crippen LogP contribution < -0.4 is 9.44 Å². The molecule has 1 aliphatic rings. The minimum absolute atomic E-state index is 0.219. The maximum atomic E-state index is 11.8. The Morgan fingerprint density at radius 3 is 2.12 bits per heavy atom. The standard InChI is InChI=1S/C10H22N2O3S/c1-8(2)5-11-16(13,14)12-10(9(3)4)6-15-7-10/h8-9,11-12H,5-7H2,1-4H3. The highest BCUT2D eigenvalue weighted by Crippen LogP contribution is 2.26. The van der Waals surface area contributed by atoms with Crippen molar-refractivity contribution in [3.63, 3.8) is 0 Å². The second-order valence-electron chi connectivity index (χ2n) is 5.15. The van der Waals surface area contributed by atoms with Gasteiger partial charge in [0.1, 0.15) is 0 Å². The van der Waals surface area contributed by atoms with E-state index in [0.717, 1.165) is 0 Å². The van der Waals surface area contributed by atoms with Gasteiger partial charge in [0.15, 0.2) is 0 Å². The maximum absolute atomic E-state index is 11.8. The Morgan fingerprint density at radius 1 is 1.25 bits per heavy atom. The van der Waals surface area contributed by atoms with Gasteiger partial charge in [0.05, 0.1) is 18.8 Å². The summed E-state index contributed by atoms with van der Waals surface area (Å²) in [6.45, 7) is 9.27. The van der Waals surface area contributed by atoms with E-state index in [-0.39, 0.29) is 5.92 Å². The number of nitrogens with one attached hydrogen (secondary N) is 2. The average Bonchev–Trinajstić information content (AvgIpc) is 2.08. The molecule has 6 heteroatoms. The predicted octanol–water partition coefficient (Wildman–Crippen LogP) is 0.491. The summed E-state index contributed by atoms with van der Waals surface area (Å²) >= 11 is 0. The van der Waals surface area contributed by atoms with Gasteiger partial charge in [0.25, 0.3) is 10.2 Å². The van der Waals surface area contributed by atoms with Gasteiger partial charge in [-0.15, -0.1) is 0 Å². The molecular weight excluding hydrogens is 228 g/mol. The molecule has 0 saturated carbocycles. The van der Waals surface area contributed by atoms with Crippen molar-refractivity contribution < 1.29 is 13.2 Å². The van der Waals surface area contributed by atoms with E-state index in [2.05, 4.69) is 9.44 Å². The van der Waals surface area contributed by atoms with Gasteiger partial charge in [0, 0.05) is 6.54 Å². The lowest BCUT2D eigenvalue weighted by Crippen LogP contribution is -2.66. The van der Waals surface area contributed by atoms with Crippen molar-refractivity contribution in [1.82, 2.24) is 9.44 Å². The van der Waals surface area contributed by atoms with E-state index >= 15 is 0 Å². The summed E-state index contributed by atoms with van der Waals surface area (Å²) in [5.74, 6) is 0.515. The third kappa shape index (κ3) is 3.41. The molecule has 0 aromatic rings. The Kier molecular flexibility index (Phi) is 4.34. The SMILES string of the molecule is CC(C)CNS(=O)(=O)NC1(C(C)C)COC1. The lowest BCUT2D eigenvalue weighted by atomic mass is 9.86. The lowest BCUT2D eigenvalue weighted by Gasteiger charge is -2.44. The van der Waals surface area contributed by atoms with Crippen LogP contribution in [0.5, 0.6) is 0 Å². The van der Waals surface area contributed by atoms with Gasteiger partial charge in [0.2, 0.25) is 0 Å². The Morgan fingerprint density at radius 2 is 1.81 bits per heavy atom. The number of hydrogen-bond donors (Lipinski definition) is 2. The number of hydrogen-bond acceptors (Lipinski definition) is 3. The van der Waals surface area contributed by atoms with Crippen LogP contribution >= 0.6 is 0 Å². The van der Waals surface area contributed by atoms with Crippen molar-refractivity contribution in [2.45, 2.75) is 33.2 Å². The molecule has 0 bridgehead atoms. The van der Waals surface area contributed by atoms with Crippen molar-refractivity contribution in [2.24, 2.45) is 11.8 Å². The zero-order valence-corrected chi connectivity index (χ0v) is 11.2. The molecule has 16 heavy (non-hydrogen) atoms. The molecule has 1 rings (SSSR count). The molecule has 5 nitrogen and oxygen atoms in total. The second kappa shape index (κ2) is 5.00. The first-order chi connectivity index (χ1) is 7.27. The largest absolute Gasteiger partial charge is 0.377 e. The molecule has 0 atom stereocenters. The molecule has 1 saturated heterocycles. The minimum Gasteiger partial charge on any atom is -0.377 e. The van der Waals surface area contributed by atoms with Crippen molar-refractivity contribution in [1.29, 1.82) is 0 Å². The Hall–Kier alpha value is -0.170. The first kappa shape index (κ1) is 13.9. The molecule has 1 fully saturated rings. The molecular formula is C10H22N2O3S. The predicted molar refractivity (Wildman–Crippen MR) is 63.3 cm³/mol. The van der Waals surface area contributed by atoms with Crippen LogP contribution in [0.15, 0.2) is 0 Å². The van der Waals surface area contributed by atoms with E-state index in [4.69, 9.17) is 4.74 Å². The molecule has 1 aliphatic heterocycles. The molecule has 0 aliphatic carbocycles. The highest BCUT2D eigenvalue weighted by molar-refractivity contribution is 7.87.